The fourth-order valence-corrected chi connectivity index (χ4v) is 2.15. The number of carboxylic acids is 1. The third kappa shape index (κ3) is 3.24. The van der Waals surface area contributed by atoms with Gasteiger partial charge in [0.2, 0.25) is 0 Å². The van der Waals surface area contributed by atoms with Crippen molar-refractivity contribution >= 4 is 27.2 Å². The Balaban J connectivity index is 2.42. The Morgan fingerprint density at radius 2 is 1.80 bits per heavy atom. The monoisotopic (exact) mass is 298 g/mol. The molecule has 0 saturated carbocycles. The highest BCUT2D eigenvalue weighted by atomic mass is 32.3. The quantitative estimate of drug-likeness (QED) is 0.878. The summed E-state index contributed by atoms with van der Waals surface area (Å²) >= 11 is 0. The largest absolute Gasteiger partial charge is 0.488 e. The number of rotatable bonds is 4. The van der Waals surface area contributed by atoms with Crippen LogP contribution in [-0.2, 0) is 15.3 Å². The number of fused-ring (bicyclic) bond motifs is 1. The zero-order valence-electron chi connectivity index (χ0n) is 10.4. The lowest BCUT2D eigenvalue weighted by Gasteiger charge is -2.08. The molecule has 0 fully saturated rings. The molecular formula is C13H11FO5S. The van der Waals surface area contributed by atoms with E-state index in [9.17, 15) is 17.1 Å². The zero-order valence-corrected chi connectivity index (χ0v) is 11.2. The first-order chi connectivity index (χ1) is 9.26. The van der Waals surface area contributed by atoms with Crippen molar-refractivity contribution in [2.24, 2.45) is 0 Å². The average Bonchev–Trinajstić information content (AvgIpc) is 2.35. The highest BCUT2D eigenvalue weighted by Crippen LogP contribution is 2.26. The number of benzene rings is 2. The van der Waals surface area contributed by atoms with Crippen LogP contribution < -0.4 is 4.18 Å². The molecule has 0 saturated heterocycles. The van der Waals surface area contributed by atoms with Crippen LogP contribution in [0, 0.1) is 0 Å². The van der Waals surface area contributed by atoms with E-state index in [4.69, 9.17) is 5.11 Å². The Hall–Kier alpha value is -2.15. The first-order valence-corrected chi connectivity index (χ1v) is 6.98. The minimum Gasteiger partial charge on any atom is -0.481 e. The topological polar surface area (TPSA) is 80.7 Å². The molecule has 20 heavy (non-hydrogen) atoms. The van der Waals surface area contributed by atoms with Crippen LogP contribution in [0.1, 0.15) is 18.4 Å². The maximum Gasteiger partial charge on any atom is 0.488 e. The van der Waals surface area contributed by atoms with Gasteiger partial charge in [0.05, 0.1) is 5.92 Å². The lowest BCUT2D eigenvalue weighted by atomic mass is 9.98. The van der Waals surface area contributed by atoms with Crippen LogP contribution in [0.2, 0.25) is 0 Å². The van der Waals surface area contributed by atoms with Crippen LogP contribution in [0.3, 0.4) is 0 Å². The molecule has 0 radical (unpaired) electrons. The van der Waals surface area contributed by atoms with E-state index in [1.165, 1.54) is 18.2 Å². The van der Waals surface area contributed by atoms with E-state index < -0.39 is 22.4 Å². The Morgan fingerprint density at radius 1 is 1.20 bits per heavy atom. The Labute approximate surface area is 115 Å². The lowest BCUT2D eigenvalue weighted by molar-refractivity contribution is -0.138. The van der Waals surface area contributed by atoms with E-state index >= 15 is 0 Å². The molecule has 2 aromatic carbocycles. The van der Waals surface area contributed by atoms with E-state index in [1.54, 1.807) is 25.1 Å². The van der Waals surface area contributed by atoms with Crippen LogP contribution in [0.5, 0.6) is 5.75 Å². The lowest BCUT2D eigenvalue weighted by Crippen LogP contribution is -2.07. The van der Waals surface area contributed by atoms with Gasteiger partial charge in [0.1, 0.15) is 5.75 Å². The predicted octanol–water partition coefficient (Wildman–Crippen LogP) is 2.62. The normalized spacial score (nSPS) is 13.1. The molecule has 2 aromatic rings. The van der Waals surface area contributed by atoms with Gasteiger partial charge in [0.25, 0.3) is 0 Å². The molecule has 5 nitrogen and oxygen atoms in total. The number of aliphatic carboxylic acids is 1. The smallest absolute Gasteiger partial charge is 0.481 e. The van der Waals surface area contributed by atoms with Gasteiger partial charge in [-0.05, 0) is 35.4 Å². The molecule has 0 aliphatic rings. The van der Waals surface area contributed by atoms with Crippen molar-refractivity contribution in [1.82, 2.24) is 0 Å². The number of hydrogen-bond acceptors (Lipinski definition) is 4. The summed E-state index contributed by atoms with van der Waals surface area (Å²) in [4.78, 5) is 10.9. The number of halogens is 1. The van der Waals surface area contributed by atoms with Crippen molar-refractivity contribution < 1.29 is 26.4 Å². The van der Waals surface area contributed by atoms with E-state index in [0.717, 1.165) is 0 Å². The molecule has 0 aliphatic carbocycles. The maximum absolute atomic E-state index is 12.4. The third-order valence-corrected chi connectivity index (χ3v) is 3.29. The average molecular weight is 298 g/mol. The zero-order chi connectivity index (χ0) is 14.9. The third-order valence-electron chi connectivity index (χ3n) is 2.90. The molecule has 0 aromatic heterocycles. The fourth-order valence-electron chi connectivity index (χ4n) is 1.82. The second kappa shape index (κ2) is 5.09. The SMILES string of the molecule is C[C@H](C(=O)O)c1ccc2cc(OS(=O)(=O)F)ccc2c1. The highest BCUT2D eigenvalue weighted by molar-refractivity contribution is 7.81. The molecule has 1 N–H and O–H groups in total. The molecule has 0 aliphatic heterocycles. The van der Waals surface area contributed by atoms with E-state index in [2.05, 4.69) is 4.18 Å². The van der Waals surface area contributed by atoms with Crippen molar-refractivity contribution in [3.8, 4) is 5.75 Å². The molecular weight excluding hydrogens is 287 g/mol. The van der Waals surface area contributed by atoms with Crippen molar-refractivity contribution in [2.45, 2.75) is 12.8 Å². The van der Waals surface area contributed by atoms with Gasteiger partial charge in [-0.15, -0.1) is 0 Å². The van der Waals surface area contributed by atoms with Crippen LogP contribution in [0.25, 0.3) is 10.8 Å². The molecule has 0 spiro atoms. The van der Waals surface area contributed by atoms with Crippen LogP contribution in [0.15, 0.2) is 36.4 Å². The maximum atomic E-state index is 12.4. The van der Waals surface area contributed by atoms with Crippen molar-refractivity contribution in [3.05, 3.63) is 42.0 Å². The van der Waals surface area contributed by atoms with Gasteiger partial charge in [-0.2, -0.15) is 8.42 Å². The van der Waals surface area contributed by atoms with Gasteiger partial charge in [0.15, 0.2) is 0 Å². The Morgan fingerprint density at radius 3 is 2.40 bits per heavy atom. The molecule has 2 rings (SSSR count). The van der Waals surface area contributed by atoms with E-state index in [-0.39, 0.29) is 5.75 Å². The Bertz CT molecular complexity index is 769. The van der Waals surface area contributed by atoms with Crippen molar-refractivity contribution in [3.63, 3.8) is 0 Å². The van der Waals surface area contributed by atoms with Crippen molar-refractivity contribution in [2.75, 3.05) is 0 Å². The van der Waals surface area contributed by atoms with E-state index in [1.807, 2.05) is 0 Å². The molecule has 0 heterocycles. The second-order valence-electron chi connectivity index (χ2n) is 4.30. The van der Waals surface area contributed by atoms with Gasteiger partial charge in [-0.3, -0.25) is 4.79 Å². The number of hydrogen-bond donors (Lipinski definition) is 1. The summed E-state index contributed by atoms with van der Waals surface area (Å²) < 4.78 is 37.4. The summed E-state index contributed by atoms with van der Waals surface area (Å²) in [6.07, 6.45) is 0. The first kappa shape index (κ1) is 14.3. The summed E-state index contributed by atoms with van der Waals surface area (Å²) in [5.74, 6) is -1.73. The summed E-state index contributed by atoms with van der Waals surface area (Å²) in [6.45, 7) is 1.57. The minimum absolute atomic E-state index is 0.140. The van der Waals surface area contributed by atoms with Crippen LogP contribution in [0.4, 0.5) is 3.89 Å². The molecule has 7 heteroatoms. The van der Waals surface area contributed by atoms with Crippen molar-refractivity contribution in [1.29, 1.82) is 0 Å². The van der Waals surface area contributed by atoms with Gasteiger partial charge >= 0.3 is 16.5 Å². The highest BCUT2D eigenvalue weighted by Gasteiger charge is 2.14. The molecule has 1 atom stereocenters. The summed E-state index contributed by atoms with van der Waals surface area (Å²) in [5, 5.41) is 10.3. The van der Waals surface area contributed by atoms with Crippen LogP contribution >= 0.6 is 0 Å². The number of carboxylic acid groups (broad SMARTS) is 1. The van der Waals surface area contributed by atoms with Gasteiger partial charge in [0, 0.05) is 0 Å². The molecule has 0 bridgehead atoms. The van der Waals surface area contributed by atoms with Gasteiger partial charge in [-0.1, -0.05) is 28.2 Å². The molecule has 0 amide bonds. The predicted molar refractivity (Wildman–Crippen MR) is 70.7 cm³/mol. The van der Waals surface area contributed by atoms with E-state index in [0.29, 0.717) is 16.3 Å². The van der Waals surface area contributed by atoms with Gasteiger partial charge in [-0.25, -0.2) is 0 Å². The summed E-state index contributed by atoms with van der Waals surface area (Å²) in [5.41, 5.74) is 0.622. The van der Waals surface area contributed by atoms with Gasteiger partial charge < -0.3 is 9.29 Å². The standard InChI is InChI=1S/C13H11FO5S/c1-8(13(15)16)9-2-3-11-7-12(19-20(14,17)18)5-4-10(11)6-9/h2-8H,1H3,(H,15,16)/t8-/m0/s1. The second-order valence-corrected chi connectivity index (χ2v) is 5.26. The number of carbonyl (C=O) groups is 1. The minimum atomic E-state index is -5.06. The molecule has 106 valence electrons. The first-order valence-electron chi connectivity index (χ1n) is 5.67. The Kier molecular flexibility index (Phi) is 3.63. The summed E-state index contributed by atoms with van der Waals surface area (Å²) in [7, 11) is -5.06. The molecule has 0 unspecified atom stereocenters. The van der Waals surface area contributed by atoms with Crippen LogP contribution in [-0.4, -0.2) is 19.5 Å². The summed E-state index contributed by atoms with van der Waals surface area (Å²) in [6, 6.07) is 9.13. The fraction of sp³-hybridized carbons (Fsp3) is 0.154.